The molecule has 2 rings (SSSR count). The van der Waals surface area contributed by atoms with Gasteiger partial charge < -0.3 is 15.4 Å². The molecule has 17 heavy (non-hydrogen) atoms. The molecule has 1 aromatic rings. The van der Waals surface area contributed by atoms with Gasteiger partial charge in [0.2, 0.25) is 5.91 Å². The van der Waals surface area contributed by atoms with Gasteiger partial charge >= 0.3 is 0 Å². The third-order valence-corrected chi connectivity index (χ3v) is 3.55. The van der Waals surface area contributed by atoms with Crippen LogP contribution < -0.4 is 15.4 Å². The molecule has 0 bridgehead atoms. The molecule has 1 unspecified atom stereocenters. The van der Waals surface area contributed by atoms with Crippen LogP contribution in [0.1, 0.15) is 12.8 Å². The molecule has 92 valence electrons. The lowest BCUT2D eigenvalue weighted by Gasteiger charge is -2.30. The molecule has 1 fully saturated rings. The van der Waals surface area contributed by atoms with Crippen molar-refractivity contribution in [2.45, 2.75) is 18.9 Å². The second-order valence-electron chi connectivity index (χ2n) is 4.06. The number of anilines is 1. The number of carbonyl (C=O) groups is 1. The van der Waals surface area contributed by atoms with Gasteiger partial charge in [-0.3, -0.25) is 4.79 Å². The zero-order chi connectivity index (χ0) is 12.4. The number of nitrogens with zero attached hydrogens (tertiary/aromatic N) is 1. The molecule has 1 atom stereocenters. The number of benzene rings is 1. The van der Waals surface area contributed by atoms with Gasteiger partial charge in [0.1, 0.15) is 5.75 Å². The van der Waals surface area contributed by atoms with Gasteiger partial charge in [-0.1, -0.05) is 0 Å². The highest BCUT2D eigenvalue weighted by molar-refractivity contribution is 9.10. The summed E-state index contributed by atoms with van der Waals surface area (Å²) in [6, 6.07) is 5.23. The summed E-state index contributed by atoms with van der Waals surface area (Å²) in [7, 11) is 1.61. The van der Waals surface area contributed by atoms with Crippen LogP contribution in [0.2, 0.25) is 0 Å². The molecule has 4 nitrogen and oxygen atoms in total. The van der Waals surface area contributed by atoms with Crippen LogP contribution in [0.15, 0.2) is 22.7 Å². The zero-order valence-electron chi connectivity index (χ0n) is 9.65. The number of amides is 1. The first kappa shape index (κ1) is 12.4. The number of carbonyl (C=O) groups excluding carboxylic acids is 1. The lowest BCUT2D eigenvalue weighted by atomic mass is 10.0. The maximum atomic E-state index is 11.9. The van der Waals surface area contributed by atoms with Gasteiger partial charge in [0, 0.05) is 12.2 Å². The first-order chi connectivity index (χ1) is 8.13. The molecule has 2 N–H and O–H groups in total. The molecule has 0 radical (unpaired) electrons. The maximum Gasteiger partial charge on any atom is 0.243 e. The van der Waals surface area contributed by atoms with E-state index in [4.69, 9.17) is 10.5 Å². The summed E-state index contributed by atoms with van der Waals surface area (Å²) < 4.78 is 6.00. The Morgan fingerprint density at radius 2 is 2.29 bits per heavy atom. The van der Waals surface area contributed by atoms with E-state index in [0.717, 1.165) is 35.3 Å². The van der Waals surface area contributed by atoms with Crippen molar-refractivity contribution in [3.05, 3.63) is 22.7 Å². The minimum Gasteiger partial charge on any atom is -0.496 e. The van der Waals surface area contributed by atoms with E-state index in [1.54, 1.807) is 12.0 Å². The second kappa shape index (κ2) is 5.06. The number of ether oxygens (including phenoxy) is 1. The fourth-order valence-corrected chi connectivity index (χ4v) is 2.51. The van der Waals surface area contributed by atoms with E-state index in [1.807, 2.05) is 18.2 Å². The van der Waals surface area contributed by atoms with Crippen LogP contribution in [0.25, 0.3) is 0 Å². The van der Waals surface area contributed by atoms with Crippen LogP contribution in [0.4, 0.5) is 5.69 Å². The zero-order valence-corrected chi connectivity index (χ0v) is 11.2. The molecule has 0 spiro atoms. The van der Waals surface area contributed by atoms with Crippen molar-refractivity contribution in [3.8, 4) is 5.75 Å². The molecule has 1 aromatic carbocycles. The number of rotatable bonds is 2. The Kier molecular flexibility index (Phi) is 3.69. The monoisotopic (exact) mass is 298 g/mol. The van der Waals surface area contributed by atoms with E-state index in [-0.39, 0.29) is 11.9 Å². The van der Waals surface area contributed by atoms with Gasteiger partial charge in [0.15, 0.2) is 0 Å². The number of nitrogens with two attached hydrogens (primary N) is 1. The van der Waals surface area contributed by atoms with Crippen LogP contribution in [-0.2, 0) is 4.79 Å². The van der Waals surface area contributed by atoms with Gasteiger partial charge in [0.05, 0.1) is 17.6 Å². The Labute approximate surface area is 109 Å². The Balaban J connectivity index is 2.27. The minimum atomic E-state index is -0.371. The molecule has 1 aliphatic heterocycles. The summed E-state index contributed by atoms with van der Waals surface area (Å²) in [6.45, 7) is 0.727. The molecule has 1 heterocycles. The predicted molar refractivity (Wildman–Crippen MR) is 70.3 cm³/mol. The number of hydrogen-bond acceptors (Lipinski definition) is 3. The summed E-state index contributed by atoms with van der Waals surface area (Å²) in [4.78, 5) is 13.7. The van der Waals surface area contributed by atoms with Crippen LogP contribution in [-0.4, -0.2) is 25.6 Å². The average Bonchev–Trinajstić information content (AvgIpc) is 2.32. The van der Waals surface area contributed by atoms with E-state index in [0.29, 0.717) is 0 Å². The average molecular weight is 299 g/mol. The molecular formula is C12H15BrN2O2. The third kappa shape index (κ3) is 2.45. The molecular weight excluding hydrogens is 284 g/mol. The number of hydrogen-bond donors (Lipinski definition) is 1. The summed E-state index contributed by atoms with van der Waals surface area (Å²) >= 11 is 3.41. The van der Waals surface area contributed by atoms with Crippen molar-refractivity contribution in [3.63, 3.8) is 0 Å². The third-order valence-electron chi connectivity index (χ3n) is 2.93. The molecule has 0 aromatic heterocycles. The van der Waals surface area contributed by atoms with E-state index in [2.05, 4.69) is 15.9 Å². The Hall–Kier alpha value is -1.07. The summed E-state index contributed by atoms with van der Waals surface area (Å²) in [5.74, 6) is 0.746. The molecule has 0 saturated carbocycles. The standard InChI is InChI=1S/C12H15BrN2O2/c1-17-11-5-4-8(7-9(11)13)15-6-2-3-10(14)12(15)16/h4-5,7,10H,2-3,6,14H2,1H3. The van der Waals surface area contributed by atoms with Gasteiger partial charge in [-0.2, -0.15) is 0 Å². The highest BCUT2D eigenvalue weighted by Crippen LogP contribution is 2.30. The number of piperidine rings is 1. The van der Waals surface area contributed by atoms with Crippen LogP contribution >= 0.6 is 15.9 Å². The normalized spacial score (nSPS) is 20.5. The van der Waals surface area contributed by atoms with Crippen molar-refractivity contribution < 1.29 is 9.53 Å². The topological polar surface area (TPSA) is 55.6 Å². The first-order valence-corrected chi connectivity index (χ1v) is 6.33. The minimum absolute atomic E-state index is 0.00619. The van der Waals surface area contributed by atoms with Crippen molar-refractivity contribution in [1.29, 1.82) is 0 Å². The van der Waals surface area contributed by atoms with Crippen molar-refractivity contribution in [1.82, 2.24) is 0 Å². The second-order valence-corrected chi connectivity index (χ2v) is 4.91. The van der Waals surface area contributed by atoms with Crippen molar-refractivity contribution in [2.24, 2.45) is 5.73 Å². The van der Waals surface area contributed by atoms with E-state index in [9.17, 15) is 4.79 Å². The fraction of sp³-hybridized carbons (Fsp3) is 0.417. The van der Waals surface area contributed by atoms with Crippen molar-refractivity contribution in [2.75, 3.05) is 18.6 Å². The number of methoxy groups -OCH3 is 1. The largest absolute Gasteiger partial charge is 0.496 e. The quantitative estimate of drug-likeness (QED) is 0.907. The van der Waals surface area contributed by atoms with E-state index >= 15 is 0 Å². The van der Waals surface area contributed by atoms with Gasteiger partial charge in [-0.25, -0.2) is 0 Å². The smallest absolute Gasteiger partial charge is 0.243 e. The lowest BCUT2D eigenvalue weighted by Crippen LogP contribution is -2.48. The molecule has 5 heteroatoms. The van der Waals surface area contributed by atoms with Crippen LogP contribution in [0, 0.1) is 0 Å². The summed E-state index contributed by atoms with van der Waals surface area (Å²) in [5, 5.41) is 0. The Morgan fingerprint density at radius 3 is 2.94 bits per heavy atom. The predicted octanol–water partition coefficient (Wildman–Crippen LogP) is 1.91. The molecule has 1 amide bonds. The van der Waals surface area contributed by atoms with Crippen LogP contribution in [0.3, 0.4) is 0 Å². The summed E-state index contributed by atoms with van der Waals surface area (Å²) in [6.07, 6.45) is 1.71. The van der Waals surface area contributed by atoms with Crippen LogP contribution in [0.5, 0.6) is 5.75 Å². The molecule has 1 aliphatic rings. The molecule has 0 aliphatic carbocycles. The van der Waals surface area contributed by atoms with Gasteiger partial charge in [-0.05, 0) is 47.0 Å². The van der Waals surface area contributed by atoms with Gasteiger partial charge in [-0.15, -0.1) is 0 Å². The van der Waals surface area contributed by atoms with Crippen molar-refractivity contribution >= 4 is 27.5 Å². The summed E-state index contributed by atoms with van der Waals surface area (Å²) in [5.41, 5.74) is 6.63. The first-order valence-electron chi connectivity index (χ1n) is 5.54. The highest BCUT2D eigenvalue weighted by Gasteiger charge is 2.26. The number of halogens is 1. The van der Waals surface area contributed by atoms with E-state index in [1.165, 1.54) is 0 Å². The fourth-order valence-electron chi connectivity index (χ4n) is 1.98. The SMILES string of the molecule is COc1ccc(N2CCCC(N)C2=O)cc1Br. The van der Waals surface area contributed by atoms with E-state index < -0.39 is 0 Å². The van der Waals surface area contributed by atoms with Gasteiger partial charge in [0.25, 0.3) is 0 Å². The molecule has 1 saturated heterocycles. The Bertz CT molecular complexity index is 437. The Morgan fingerprint density at radius 1 is 1.53 bits per heavy atom. The highest BCUT2D eigenvalue weighted by atomic mass is 79.9. The lowest BCUT2D eigenvalue weighted by molar-refractivity contribution is -0.120. The maximum absolute atomic E-state index is 11.9.